The molecule has 1 aromatic carbocycles. The van der Waals surface area contributed by atoms with Crippen molar-refractivity contribution in [2.75, 3.05) is 26.3 Å². The monoisotopic (exact) mass is 286 g/mol. The van der Waals surface area contributed by atoms with Crippen molar-refractivity contribution in [2.24, 2.45) is 5.73 Å². The van der Waals surface area contributed by atoms with Gasteiger partial charge < -0.3 is 15.4 Å². The van der Waals surface area contributed by atoms with Gasteiger partial charge in [0.2, 0.25) is 0 Å². The molecule has 0 aromatic heterocycles. The van der Waals surface area contributed by atoms with E-state index in [0.717, 1.165) is 11.1 Å². The quantitative estimate of drug-likeness (QED) is 0.797. The molecule has 0 aliphatic carbocycles. The van der Waals surface area contributed by atoms with E-state index in [9.17, 15) is 4.79 Å². The highest BCUT2D eigenvalue weighted by atomic mass is 16.5. The van der Waals surface area contributed by atoms with E-state index in [1.165, 1.54) is 0 Å². The molecule has 1 heterocycles. The highest BCUT2D eigenvalue weighted by Crippen LogP contribution is 2.23. The Hall–Kier alpha value is -1.83. The van der Waals surface area contributed by atoms with E-state index in [1.807, 2.05) is 43.9 Å². The van der Waals surface area contributed by atoms with Crippen LogP contribution in [0.2, 0.25) is 0 Å². The maximum absolute atomic E-state index is 12.9. The second-order valence-corrected chi connectivity index (χ2v) is 5.81. The molecule has 0 spiro atoms. The number of carbonyl (C=O) groups excluding carboxylic acids is 1. The number of benzene rings is 1. The molecule has 0 saturated carbocycles. The first kappa shape index (κ1) is 15.6. The Labute approximate surface area is 126 Å². The predicted molar refractivity (Wildman–Crippen MR) is 83.0 cm³/mol. The summed E-state index contributed by atoms with van der Waals surface area (Å²) in [4.78, 5) is 14.7. The van der Waals surface area contributed by atoms with Crippen molar-refractivity contribution in [1.82, 2.24) is 4.90 Å². The van der Waals surface area contributed by atoms with Gasteiger partial charge in [0.15, 0.2) is 0 Å². The zero-order chi connectivity index (χ0) is 15.5. The standard InChI is InChI=1S/C17H22N2O2/c1-13-14(7-5-9-18)6-4-8-15(13)16(20)19-10-11-21-12-17(19,2)3/h4,6,8H,9-12,18H2,1-3H3. The van der Waals surface area contributed by atoms with E-state index >= 15 is 0 Å². The van der Waals surface area contributed by atoms with Crippen molar-refractivity contribution in [3.8, 4) is 11.8 Å². The van der Waals surface area contributed by atoms with Gasteiger partial charge in [0.05, 0.1) is 25.3 Å². The third-order valence-electron chi connectivity index (χ3n) is 3.78. The minimum atomic E-state index is -0.291. The van der Waals surface area contributed by atoms with Crippen LogP contribution in [0.15, 0.2) is 18.2 Å². The largest absolute Gasteiger partial charge is 0.377 e. The van der Waals surface area contributed by atoms with Gasteiger partial charge >= 0.3 is 0 Å². The van der Waals surface area contributed by atoms with Crippen molar-refractivity contribution < 1.29 is 9.53 Å². The predicted octanol–water partition coefficient (Wildman–Crippen LogP) is 1.56. The molecular formula is C17H22N2O2. The number of ether oxygens (including phenoxy) is 1. The lowest BCUT2D eigenvalue weighted by molar-refractivity contribution is -0.0371. The van der Waals surface area contributed by atoms with Crippen molar-refractivity contribution in [3.63, 3.8) is 0 Å². The van der Waals surface area contributed by atoms with E-state index in [0.29, 0.717) is 31.9 Å². The molecule has 1 amide bonds. The molecule has 4 heteroatoms. The summed E-state index contributed by atoms with van der Waals surface area (Å²) in [5.41, 5.74) is 7.59. The zero-order valence-electron chi connectivity index (χ0n) is 12.9. The number of hydrogen-bond donors (Lipinski definition) is 1. The summed E-state index contributed by atoms with van der Waals surface area (Å²) in [5.74, 6) is 5.90. The molecule has 2 N–H and O–H groups in total. The Balaban J connectivity index is 2.35. The van der Waals surface area contributed by atoms with Gasteiger partial charge in [0.25, 0.3) is 5.91 Å². The third-order valence-corrected chi connectivity index (χ3v) is 3.78. The molecule has 1 aromatic rings. The fraction of sp³-hybridized carbons (Fsp3) is 0.471. The number of carbonyl (C=O) groups is 1. The van der Waals surface area contributed by atoms with Gasteiger partial charge in [-0.3, -0.25) is 4.79 Å². The number of rotatable bonds is 1. The van der Waals surface area contributed by atoms with Crippen LogP contribution in [0, 0.1) is 18.8 Å². The first-order valence-corrected chi connectivity index (χ1v) is 7.15. The third kappa shape index (κ3) is 3.26. The molecular weight excluding hydrogens is 264 g/mol. The van der Waals surface area contributed by atoms with Crippen LogP contribution < -0.4 is 5.73 Å². The molecule has 112 valence electrons. The molecule has 0 bridgehead atoms. The van der Waals surface area contributed by atoms with Crippen LogP contribution in [0.25, 0.3) is 0 Å². The lowest BCUT2D eigenvalue weighted by Gasteiger charge is -2.42. The second-order valence-electron chi connectivity index (χ2n) is 5.81. The van der Waals surface area contributed by atoms with Gasteiger partial charge in [0.1, 0.15) is 0 Å². The van der Waals surface area contributed by atoms with Crippen molar-refractivity contribution in [3.05, 3.63) is 34.9 Å². The summed E-state index contributed by atoms with van der Waals surface area (Å²) in [6, 6.07) is 5.64. The Bertz CT molecular complexity index is 597. The van der Waals surface area contributed by atoms with Crippen LogP contribution in [0.5, 0.6) is 0 Å². The zero-order valence-corrected chi connectivity index (χ0v) is 12.9. The van der Waals surface area contributed by atoms with E-state index in [4.69, 9.17) is 10.5 Å². The number of nitrogens with two attached hydrogens (primary N) is 1. The highest BCUT2D eigenvalue weighted by Gasteiger charge is 2.35. The molecule has 21 heavy (non-hydrogen) atoms. The molecule has 1 aliphatic heterocycles. The van der Waals surface area contributed by atoms with Crippen LogP contribution in [0.4, 0.5) is 0 Å². The summed E-state index contributed by atoms with van der Waals surface area (Å²) in [7, 11) is 0. The number of hydrogen-bond acceptors (Lipinski definition) is 3. The van der Waals surface area contributed by atoms with Crippen LogP contribution in [-0.2, 0) is 4.74 Å². The number of nitrogens with zero attached hydrogens (tertiary/aromatic N) is 1. The van der Waals surface area contributed by atoms with Gasteiger partial charge in [-0.2, -0.15) is 0 Å². The maximum atomic E-state index is 12.9. The molecule has 1 saturated heterocycles. The van der Waals surface area contributed by atoms with Crippen LogP contribution in [0.3, 0.4) is 0 Å². The first-order chi connectivity index (χ1) is 9.97. The number of amides is 1. The molecule has 1 fully saturated rings. The van der Waals surface area contributed by atoms with Crippen molar-refractivity contribution >= 4 is 5.91 Å². The Morgan fingerprint density at radius 3 is 2.90 bits per heavy atom. The Morgan fingerprint density at radius 2 is 2.24 bits per heavy atom. The lowest BCUT2D eigenvalue weighted by atomic mass is 9.97. The van der Waals surface area contributed by atoms with Gasteiger partial charge in [-0.25, -0.2) is 0 Å². The minimum absolute atomic E-state index is 0.0391. The normalized spacial score (nSPS) is 17.0. The topological polar surface area (TPSA) is 55.6 Å². The van der Waals surface area contributed by atoms with E-state index in [1.54, 1.807) is 0 Å². The summed E-state index contributed by atoms with van der Waals surface area (Å²) < 4.78 is 5.48. The van der Waals surface area contributed by atoms with E-state index in [-0.39, 0.29) is 11.4 Å². The fourth-order valence-corrected chi connectivity index (χ4v) is 2.53. The SMILES string of the molecule is Cc1c(C#CCN)cccc1C(=O)N1CCOCC1(C)C. The average molecular weight is 286 g/mol. The van der Waals surface area contributed by atoms with Crippen LogP contribution in [0.1, 0.15) is 35.3 Å². The Morgan fingerprint density at radius 1 is 1.48 bits per heavy atom. The molecule has 0 unspecified atom stereocenters. The second kappa shape index (κ2) is 6.30. The summed E-state index contributed by atoms with van der Waals surface area (Å²) in [5, 5.41) is 0. The molecule has 1 aliphatic rings. The molecule has 4 nitrogen and oxygen atoms in total. The lowest BCUT2D eigenvalue weighted by Crippen LogP contribution is -2.55. The number of morpholine rings is 1. The van der Waals surface area contributed by atoms with E-state index in [2.05, 4.69) is 11.8 Å². The highest BCUT2D eigenvalue weighted by molar-refractivity contribution is 5.96. The average Bonchev–Trinajstić information content (AvgIpc) is 2.45. The minimum Gasteiger partial charge on any atom is -0.377 e. The van der Waals surface area contributed by atoms with Gasteiger partial charge in [-0.1, -0.05) is 17.9 Å². The van der Waals surface area contributed by atoms with Gasteiger partial charge in [-0.15, -0.1) is 0 Å². The van der Waals surface area contributed by atoms with Crippen molar-refractivity contribution in [2.45, 2.75) is 26.3 Å². The van der Waals surface area contributed by atoms with E-state index < -0.39 is 0 Å². The smallest absolute Gasteiger partial charge is 0.254 e. The van der Waals surface area contributed by atoms with Crippen molar-refractivity contribution in [1.29, 1.82) is 0 Å². The molecule has 0 radical (unpaired) electrons. The summed E-state index contributed by atoms with van der Waals surface area (Å²) >= 11 is 0. The molecule has 0 atom stereocenters. The van der Waals surface area contributed by atoms with Gasteiger partial charge in [-0.05, 0) is 38.5 Å². The molecule has 2 rings (SSSR count). The van der Waals surface area contributed by atoms with Crippen LogP contribution in [-0.4, -0.2) is 42.6 Å². The Kier molecular flexibility index (Phi) is 4.66. The fourth-order valence-electron chi connectivity index (χ4n) is 2.53. The van der Waals surface area contributed by atoms with Gasteiger partial charge in [0, 0.05) is 17.7 Å². The summed E-state index contributed by atoms with van der Waals surface area (Å²) in [6.45, 7) is 8.06. The maximum Gasteiger partial charge on any atom is 0.254 e. The first-order valence-electron chi connectivity index (χ1n) is 7.15. The van der Waals surface area contributed by atoms with Crippen LogP contribution >= 0.6 is 0 Å². The summed E-state index contributed by atoms with van der Waals surface area (Å²) in [6.07, 6.45) is 0.